The molecule has 24 heavy (non-hydrogen) atoms. The molecule has 0 fully saturated rings. The predicted octanol–water partition coefficient (Wildman–Crippen LogP) is 4.53. The summed E-state index contributed by atoms with van der Waals surface area (Å²) in [4.78, 5) is 20.2. The highest BCUT2D eigenvalue weighted by molar-refractivity contribution is 6.32. The van der Waals surface area contributed by atoms with Crippen molar-refractivity contribution in [1.82, 2.24) is 9.97 Å². The van der Waals surface area contributed by atoms with Crippen LogP contribution < -0.4 is 5.32 Å². The molecule has 0 aliphatic carbocycles. The van der Waals surface area contributed by atoms with E-state index < -0.39 is 5.82 Å². The molecule has 1 aromatic carbocycles. The number of fused-ring (bicyclic) bond motifs is 1. The van der Waals surface area contributed by atoms with Crippen molar-refractivity contribution < 1.29 is 13.6 Å². The molecule has 2 aromatic heterocycles. The van der Waals surface area contributed by atoms with Gasteiger partial charge in [0, 0.05) is 24.1 Å². The maximum Gasteiger partial charge on any atom is 0.300 e. The van der Waals surface area contributed by atoms with Crippen LogP contribution in [0, 0.1) is 11.7 Å². The third kappa shape index (κ3) is 3.54. The van der Waals surface area contributed by atoms with Crippen LogP contribution in [-0.4, -0.2) is 15.8 Å². The Hall–Kier alpha value is -2.47. The second kappa shape index (κ2) is 6.57. The number of nitrogens with zero attached hydrogens (tertiary/aromatic N) is 2. The number of pyridine rings is 1. The molecule has 0 bridgehead atoms. The summed E-state index contributed by atoms with van der Waals surface area (Å²) in [5.74, 6) is -0.354. The summed E-state index contributed by atoms with van der Waals surface area (Å²) in [6, 6.07) is 7.70. The smallest absolute Gasteiger partial charge is 0.300 e. The van der Waals surface area contributed by atoms with Gasteiger partial charge in [0.05, 0.1) is 5.69 Å². The second-order valence-corrected chi connectivity index (χ2v) is 6.05. The fourth-order valence-corrected chi connectivity index (χ4v) is 2.33. The molecule has 5 nitrogen and oxygen atoms in total. The lowest BCUT2D eigenvalue weighted by atomic mass is 10.0. The van der Waals surface area contributed by atoms with E-state index in [4.69, 9.17) is 16.0 Å². The van der Waals surface area contributed by atoms with Crippen LogP contribution >= 0.6 is 11.6 Å². The van der Waals surface area contributed by atoms with Crippen LogP contribution in [0.15, 0.2) is 34.7 Å². The zero-order chi connectivity index (χ0) is 17.3. The number of carbonyl (C=O) groups is 1. The lowest BCUT2D eigenvalue weighted by molar-refractivity contribution is -0.121. The quantitative estimate of drug-likeness (QED) is 0.687. The highest BCUT2D eigenvalue weighted by atomic mass is 35.5. The Morgan fingerprint density at radius 2 is 2.08 bits per heavy atom. The van der Waals surface area contributed by atoms with Gasteiger partial charge in [-0.2, -0.15) is 4.98 Å². The third-order valence-electron chi connectivity index (χ3n) is 3.50. The van der Waals surface area contributed by atoms with E-state index in [1.807, 2.05) is 13.8 Å². The maximum atomic E-state index is 13.2. The van der Waals surface area contributed by atoms with Gasteiger partial charge in [0.2, 0.25) is 0 Å². The average molecular weight is 348 g/mol. The molecule has 0 unspecified atom stereocenters. The largest absolute Gasteiger partial charge is 0.423 e. The van der Waals surface area contributed by atoms with Crippen molar-refractivity contribution >= 4 is 40.2 Å². The molecule has 7 heteroatoms. The van der Waals surface area contributed by atoms with E-state index in [-0.39, 0.29) is 29.3 Å². The monoisotopic (exact) mass is 347 g/mol. The van der Waals surface area contributed by atoms with Crippen LogP contribution in [0.25, 0.3) is 11.1 Å². The minimum Gasteiger partial charge on any atom is -0.423 e. The number of benzene rings is 1. The van der Waals surface area contributed by atoms with Crippen LogP contribution in [-0.2, 0) is 11.2 Å². The average Bonchev–Trinajstić information content (AvgIpc) is 2.91. The Bertz CT molecular complexity index is 908. The van der Waals surface area contributed by atoms with Crippen molar-refractivity contribution in [1.29, 1.82) is 0 Å². The number of hydrogen-bond donors (Lipinski definition) is 1. The van der Waals surface area contributed by atoms with Gasteiger partial charge in [0.15, 0.2) is 10.7 Å². The van der Waals surface area contributed by atoms with Gasteiger partial charge in [-0.05, 0) is 24.3 Å². The lowest BCUT2D eigenvalue weighted by Crippen LogP contribution is -2.11. The van der Waals surface area contributed by atoms with Crippen molar-refractivity contribution in [3.8, 4) is 0 Å². The van der Waals surface area contributed by atoms with Gasteiger partial charge < -0.3 is 9.73 Å². The minimum absolute atomic E-state index is 0.0523. The zero-order valence-electron chi connectivity index (χ0n) is 13.1. The summed E-state index contributed by atoms with van der Waals surface area (Å²) in [5.41, 5.74) is 1.95. The molecule has 3 aromatic rings. The second-order valence-electron chi connectivity index (χ2n) is 5.69. The molecule has 0 radical (unpaired) electrons. The first-order valence-corrected chi connectivity index (χ1v) is 7.81. The Balaban J connectivity index is 1.80. The van der Waals surface area contributed by atoms with E-state index in [0.29, 0.717) is 22.5 Å². The fourth-order valence-electron chi connectivity index (χ4n) is 2.11. The molecule has 0 amide bonds. The van der Waals surface area contributed by atoms with Crippen molar-refractivity contribution in [3.05, 3.63) is 47.0 Å². The summed E-state index contributed by atoms with van der Waals surface area (Å²) in [6.45, 7) is 3.69. The summed E-state index contributed by atoms with van der Waals surface area (Å²) >= 11 is 6.15. The Labute approximate surface area is 142 Å². The van der Waals surface area contributed by atoms with Crippen LogP contribution in [0.1, 0.15) is 19.5 Å². The van der Waals surface area contributed by atoms with Crippen LogP contribution in [0.3, 0.4) is 0 Å². The number of nitrogens with one attached hydrogen (secondary N) is 1. The van der Waals surface area contributed by atoms with E-state index in [0.717, 1.165) is 0 Å². The van der Waals surface area contributed by atoms with Gasteiger partial charge in [-0.25, -0.2) is 9.37 Å². The molecule has 0 aliphatic heterocycles. The number of oxazole rings is 1. The molecule has 0 saturated heterocycles. The van der Waals surface area contributed by atoms with E-state index in [1.165, 1.54) is 18.2 Å². The van der Waals surface area contributed by atoms with Gasteiger partial charge in [0.25, 0.3) is 6.01 Å². The van der Waals surface area contributed by atoms with E-state index in [1.54, 1.807) is 12.1 Å². The van der Waals surface area contributed by atoms with Gasteiger partial charge >= 0.3 is 0 Å². The molecule has 0 saturated carbocycles. The minimum atomic E-state index is -0.399. The van der Waals surface area contributed by atoms with Crippen molar-refractivity contribution in [3.63, 3.8) is 0 Å². The Morgan fingerprint density at radius 1 is 1.29 bits per heavy atom. The van der Waals surface area contributed by atoms with Crippen LogP contribution in [0.2, 0.25) is 5.15 Å². The van der Waals surface area contributed by atoms with Crippen LogP contribution in [0.4, 0.5) is 16.1 Å². The molecule has 124 valence electrons. The van der Waals surface area contributed by atoms with E-state index in [2.05, 4.69) is 15.3 Å². The van der Waals surface area contributed by atoms with E-state index >= 15 is 0 Å². The number of carbonyl (C=O) groups excluding carboxylic acids is 1. The highest BCUT2D eigenvalue weighted by Gasteiger charge is 2.13. The molecule has 0 aliphatic rings. The zero-order valence-corrected chi connectivity index (χ0v) is 13.9. The number of halogens is 2. The molecule has 3 rings (SSSR count). The van der Waals surface area contributed by atoms with Gasteiger partial charge in [-0.1, -0.05) is 25.4 Å². The predicted molar refractivity (Wildman–Crippen MR) is 90.0 cm³/mol. The SMILES string of the molecule is CC(C)C(=O)Cc1ccc(Nc2nc3ccc(F)cc3o2)c(Cl)n1. The summed E-state index contributed by atoms with van der Waals surface area (Å²) in [6.07, 6.45) is 0.236. The number of ketones is 1. The van der Waals surface area contributed by atoms with Gasteiger partial charge in [-0.3, -0.25) is 4.79 Å². The highest BCUT2D eigenvalue weighted by Crippen LogP contribution is 2.26. The molecular weight excluding hydrogens is 333 g/mol. The molecule has 0 atom stereocenters. The van der Waals surface area contributed by atoms with Gasteiger partial charge in [0.1, 0.15) is 17.1 Å². The Morgan fingerprint density at radius 3 is 2.79 bits per heavy atom. The van der Waals surface area contributed by atoms with Crippen LogP contribution in [0.5, 0.6) is 0 Å². The summed E-state index contributed by atoms with van der Waals surface area (Å²) in [7, 11) is 0. The number of rotatable bonds is 5. The standard InChI is InChI=1S/C17H15ClFN3O2/c1-9(2)14(23)8-11-4-6-13(16(18)20-11)22-17-21-12-5-3-10(19)7-15(12)24-17/h3-7,9H,8H2,1-2H3,(H,21,22). The topological polar surface area (TPSA) is 68.0 Å². The first kappa shape index (κ1) is 16.4. The van der Waals surface area contributed by atoms with Gasteiger partial charge in [-0.15, -0.1) is 0 Å². The maximum absolute atomic E-state index is 13.2. The number of anilines is 2. The van der Waals surface area contributed by atoms with Crippen molar-refractivity contribution in [2.75, 3.05) is 5.32 Å². The lowest BCUT2D eigenvalue weighted by Gasteiger charge is -2.07. The first-order valence-electron chi connectivity index (χ1n) is 7.43. The molecular formula is C17H15ClFN3O2. The molecule has 2 heterocycles. The summed E-state index contributed by atoms with van der Waals surface area (Å²) < 4.78 is 18.6. The van der Waals surface area contributed by atoms with Crippen molar-refractivity contribution in [2.24, 2.45) is 5.92 Å². The third-order valence-corrected chi connectivity index (χ3v) is 3.79. The molecule has 0 spiro atoms. The fraction of sp³-hybridized carbons (Fsp3) is 0.235. The number of Topliss-reactive ketones (excluding diaryl/α,β-unsaturated/α-hetero) is 1. The molecule has 1 N–H and O–H groups in total. The number of aromatic nitrogens is 2. The normalized spacial score (nSPS) is 11.2. The summed E-state index contributed by atoms with van der Waals surface area (Å²) in [5, 5.41) is 3.11. The van der Waals surface area contributed by atoms with E-state index in [9.17, 15) is 9.18 Å². The first-order chi connectivity index (χ1) is 11.4. The van der Waals surface area contributed by atoms with Crippen molar-refractivity contribution in [2.45, 2.75) is 20.3 Å². The Kier molecular flexibility index (Phi) is 4.49. The number of hydrogen-bond acceptors (Lipinski definition) is 5.